The van der Waals surface area contributed by atoms with Gasteiger partial charge in [0.05, 0.1) is 22.1 Å². The molecule has 0 saturated carbocycles. The maximum atomic E-state index is 13.6. The second-order valence-corrected chi connectivity index (χ2v) is 7.95. The van der Waals surface area contributed by atoms with Crippen LogP contribution < -0.4 is 5.32 Å². The summed E-state index contributed by atoms with van der Waals surface area (Å²) in [6.07, 6.45) is 1.43. The topological polar surface area (TPSA) is 66.5 Å². The van der Waals surface area contributed by atoms with Crippen LogP contribution in [0.5, 0.6) is 0 Å². The van der Waals surface area contributed by atoms with Gasteiger partial charge in [-0.25, -0.2) is 4.39 Å². The van der Waals surface area contributed by atoms with E-state index in [0.29, 0.717) is 29.8 Å². The van der Waals surface area contributed by atoms with Crippen LogP contribution in [0, 0.1) is 5.82 Å². The van der Waals surface area contributed by atoms with E-state index in [9.17, 15) is 18.8 Å². The van der Waals surface area contributed by atoms with Crippen LogP contribution in [0.15, 0.2) is 48.5 Å². The van der Waals surface area contributed by atoms with Crippen molar-refractivity contribution < 1.29 is 18.8 Å². The lowest BCUT2D eigenvalue weighted by atomic mass is 10.1. The Morgan fingerprint density at radius 2 is 1.64 bits per heavy atom. The fourth-order valence-corrected chi connectivity index (χ4v) is 3.88. The molecular formula is C21H21FN2O3S. The minimum Gasteiger partial charge on any atom is -0.323 e. The molecule has 7 heteroatoms. The van der Waals surface area contributed by atoms with Gasteiger partial charge in [0.1, 0.15) is 5.82 Å². The Balaban J connectivity index is 1.39. The third-order valence-electron chi connectivity index (χ3n) is 4.52. The molecule has 0 aliphatic carbocycles. The number of carbonyl (C=O) groups excluding carboxylic acids is 3. The third kappa shape index (κ3) is 4.42. The number of anilines is 1. The van der Waals surface area contributed by atoms with Crippen molar-refractivity contribution in [1.82, 2.24) is 4.90 Å². The molecule has 146 valence electrons. The average Bonchev–Trinajstić information content (AvgIpc) is 2.94. The van der Waals surface area contributed by atoms with E-state index in [1.807, 2.05) is 0 Å². The first-order valence-electron chi connectivity index (χ1n) is 9.11. The second-order valence-electron chi connectivity index (χ2n) is 6.50. The first-order chi connectivity index (χ1) is 13.5. The highest BCUT2D eigenvalue weighted by atomic mass is 32.2. The van der Waals surface area contributed by atoms with E-state index in [1.165, 1.54) is 28.8 Å². The maximum Gasteiger partial charge on any atom is 0.261 e. The molecular weight excluding hydrogens is 379 g/mol. The Morgan fingerprint density at radius 1 is 1.04 bits per heavy atom. The van der Waals surface area contributed by atoms with Gasteiger partial charge in [-0.05, 0) is 49.8 Å². The molecule has 3 rings (SSSR count). The average molecular weight is 400 g/mol. The number of fused-ring (bicyclic) bond motifs is 1. The zero-order valence-corrected chi connectivity index (χ0v) is 16.3. The van der Waals surface area contributed by atoms with E-state index in [2.05, 4.69) is 5.32 Å². The number of hydrogen-bond acceptors (Lipinski definition) is 4. The number of nitrogens with zero attached hydrogens (tertiary/aromatic N) is 1. The first-order valence-corrected chi connectivity index (χ1v) is 10.2. The van der Waals surface area contributed by atoms with Gasteiger partial charge in [-0.3, -0.25) is 19.3 Å². The zero-order chi connectivity index (χ0) is 20.1. The number of unbranched alkanes of at least 4 members (excludes halogenated alkanes) is 1. The summed E-state index contributed by atoms with van der Waals surface area (Å²) < 4.78 is 13.6. The maximum absolute atomic E-state index is 13.6. The normalized spacial score (nSPS) is 14.1. The molecule has 1 N–H and O–H groups in total. The molecule has 0 unspecified atom stereocenters. The quantitative estimate of drug-likeness (QED) is 0.538. The van der Waals surface area contributed by atoms with Crippen LogP contribution in [0.3, 0.4) is 0 Å². The molecule has 0 radical (unpaired) electrons. The van der Waals surface area contributed by atoms with Gasteiger partial charge in [0, 0.05) is 6.54 Å². The number of rotatable bonds is 8. The van der Waals surface area contributed by atoms with Crippen LogP contribution in [-0.2, 0) is 4.79 Å². The van der Waals surface area contributed by atoms with Crippen molar-refractivity contribution in [2.24, 2.45) is 0 Å². The van der Waals surface area contributed by atoms with Crippen LogP contribution in [0.2, 0.25) is 0 Å². The standard InChI is InChI=1S/C21H21FN2O3S/c1-14(19(25)23-18-11-5-4-10-17(18)22)28-13-7-6-12-24-20(26)15-8-2-3-9-16(15)21(24)27/h2-5,8-11,14H,6-7,12-13H2,1H3,(H,23,25)/t14-/m0/s1. The Morgan fingerprint density at radius 3 is 2.29 bits per heavy atom. The van der Waals surface area contributed by atoms with Crippen molar-refractivity contribution in [3.8, 4) is 0 Å². The van der Waals surface area contributed by atoms with Crippen molar-refractivity contribution in [3.05, 3.63) is 65.5 Å². The summed E-state index contributed by atoms with van der Waals surface area (Å²) in [7, 11) is 0. The lowest BCUT2D eigenvalue weighted by molar-refractivity contribution is -0.115. The van der Waals surface area contributed by atoms with E-state index in [-0.39, 0.29) is 28.7 Å². The molecule has 28 heavy (non-hydrogen) atoms. The van der Waals surface area contributed by atoms with Crippen LogP contribution in [0.1, 0.15) is 40.5 Å². The summed E-state index contributed by atoms with van der Waals surface area (Å²) in [6, 6.07) is 12.9. The second kappa shape index (κ2) is 9.01. The van der Waals surface area contributed by atoms with Crippen LogP contribution in [0.25, 0.3) is 0 Å². The Hall–Kier alpha value is -2.67. The van der Waals surface area contributed by atoms with Gasteiger partial charge >= 0.3 is 0 Å². The van der Waals surface area contributed by atoms with Crippen molar-refractivity contribution in [2.75, 3.05) is 17.6 Å². The van der Waals surface area contributed by atoms with E-state index in [1.54, 1.807) is 43.3 Å². The van der Waals surface area contributed by atoms with Gasteiger partial charge in [0.15, 0.2) is 0 Å². The van der Waals surface area contributed by atoms with Crippen molar-refractivity contribution in [3.63, 3.8) is 0 Å². The number of nitrogens with one attached hydrogen (secondary N) is 1. The number of amides is 3. The number of hydrogen-bond donors (Lipinski definition) is 1. The smallest absolute Gasteiger partial charge is 0.261 e. The highest BCUT2D eigenvalue weighted by molar-refractivity contribution is 8.00. The van der Waals surface area contributed by atoms with Crippen LogP contribution >= 0.6 is 11.8 Å². The number of thioether (sulfide) groups is 1. The highest BCUT2D eigenvalue weighted by Crippen LogP contribution is 2.23. The van der Waals surface area contributed by atoms with Gasteiger partial charge in [0.25, 0.3) is 11.8 Å². The van der Waals surface area contributed by atoms with Crippen molar-refractivity contribution >= 4 is 35.2 Å². The van der Waals surface area contributed by atoms with Gasteiger partial charge in [-0.1, -0.05) is 24.3 Å². The van der Waals surface area contributed by atoms with Gasteiger partial charge in [0.2, 0.25) is 5.91 Å². The molecule has 0 bridgehead atoms. The minimum atomic E-state index is -0.464. The summed E-state index contributed by atoms with van der Waals surface area (Å²) in [5.74, 6) is -0.504. The lowest BCUT2D eigenvalue weighted by Gasteiger charge is -2.14. The van der Waals surface area contributed by atoms with Crippen molar-refractivity contribution in [2.45, 2.75) is 25.0 Å². The fourth-order valence-electron chi connectivity index (χ4n) is 2.95. The van der Waals surface area contributed by atoms with Crippen LogP contribution in [0.4, 0.5) is 10.1 Å². The van der Waals surface area contributed by atoms with E-state index in [0.717, 1.165) is 6.42 Å². The molecule has 0 fully saturated rings. The predicted octanol–water partition coefficient (Wildman–Crippen LogP) is 3.96. The van der Waals surface area contributed by atoms with Crippen LogP contribution in [-0.4, -0.2) is 40.2 Å². The largest absolute Gasteiger partial charge is 0.323 e. The summed E-state index contributed by atoms with van der Waals surface area (Å²) in [6.45, 7) is 2.13. The fraction of sp³-hybridized carbons (Fsp3) is 0.286. The molecule has 0 spiro atoms. The Bertz CT molecular complexity index is 868. The summed E-state index contributed by atoms with van der Waals surface area (Å²) in [5, 5.41) is 2.25. The number of imide groups is 1. The molecule has 1 heterocycles. The molecule has 1 atom stereocenters. The van der Waals surface area contributed by atoms with Gasteiger partial charge < -0.3 is 5.32 Å². The zero-order valence-electron chi connectivity index (χ0n) is 15.5. The third-order valence-corrected chi connectivity index (χ3v) is 5.76. The highest BCUT2D eigenvalue weighted by Gasteiger charge is 2.34. The number of para-hydroxylation sites is 1. The van der Waals surface area contributed by atoms with E-state index < -0.39 is 5.82 Å². The van der Waals surface area contributed by atoms with E-state index >= 15 is 0 Å². The Labute approximate surface area is 167 Å². The molecule has 5 nitrogen and oxygen atoms in total. The number of benzene rings is 2. The summed E-state index contributed by atoms with van der Waals surface area (Å²) in [5.41, 5.74) is 1.09. The van der Waals surface area contributed by atoms with Gasteiger partial charge in [-0.2, -0.15) is 0 Å². The van der Waals surface area contributed by atoms with Crippen molar-refractivity contribution in [1.29, 1.82) is 0 Å². The molecule has 3 amide bonds. The van der Waals surface area contributed by atoms with E-state index in [4.69, 9.17) is 0 Å². The SMILES string of the molecule is C[C@H](SCCCCN1C(=O)c2ccccc2C1=O)C(=O)Nc1ccccc1F. The minimum absolute atomic E-state index is 0.172. The molecule has 1 aliphatic heterocycles. The molecule has 0 aromatic heterocycles. The summed E-state index contributed by atoms with van der Waals surface area (Å²) in [4.78, 5) is 38.0. The lowest BCUT2D eigenvalue weighted by Crippen LogP contribution is -2.30. The molecule has 1 aliphatic rings. The Kier molecular flexibility index (Phi) is 6.46. The summed E-state index contributed by atoms with van der Waals surface area (Å²) >= 11 is 1.46. The first kappa shape index (κ1) is 20.1. The monoisotopic (exact) mass is 400 g/mol. The molecule has 2 aromatic carbocycles. The predicted molar refractivity (Wildman–Crippen MR) is 108 cm³/mol. The number of halogens is 1. The number of carbonyl (C=O) groups is 3. The molecule has 0 saturated heterocycles. The van der Waals surface area contributed by atoms with Gasteiger partial charge in [-0.15, -0.1) is 11.8 Å². The molecule has 2 aromatic rings.